The summed E-state index contributed by atoms with van der Waals surface area (Å²) < 4.78 is 0. The van der Waals surface area contributed by atoms with Crippen LogP contribution in [0.15, 0.2) is 35.7 Å². The maximum absolute atomic E-state index is 4.68. The van der Waals surface area contributed by atoms with Crippen LogP contribution in [0.2, 0.25) is 0 Å². The predicted molar refractivity (Wildman–Crippen MR) is 78.0 cm³/mol. The Morgan fingerprint density at radius 3 is 2.50 bits per heavy atom. The van der Waals surface area contributed by atoms with E-state index in [1.165, 1.54) is 10.6 Å². The van der Waals surface area contributed by atoms with Crippen LogP contribution in [-0.4, -0.2) is 12.0 Å². The van der Waals surface area contributed by atoms with Crippen LogP contribution in [0, 0.1) is 6.92 Å². The number of rotatable bonds is 5. The van der Waals surface area contributed by atoms with Gasteiger partial charge in [0.2, 0.25) is 0 Å². The van der Waals surface area contributed by atoms with Crippen molar-refractivity contribution in [2.75, 3.05) is 7.05 Å². The summed E-state index contributed by atoms with van der Waals surface area (Å²) in [5.41, 5.74) is 2.41. The molecule has 1 N–H and O–H groups in total. The average Bonchev–Trinajstić information content (AvgIpc) is 2.84. The van der Waals surface area contributed by atoms with Crippen LogP contribution in [0.25, 0.3) is 0 Å². The molecule has 2 nitrogen and oxygen atoms in total. The molecule has 0 radical (unpaired) electrons. The number of likely N-dealkylation sites (N-methyl/N-ethyl adjacent to an activating group) is 1. The van der Waals surface area contributed by atoms with Gasteiger partial charge in [-0.3, -0.25) is 0 Å². The van der Waals surface area contributed by atoms with E-state index in [2.05, 4.69) is 59.9 Å². The number of thiazole rings is 1. The highest BCUT2D eigenvalue weighted by atomic mass is 32.1. The normalized spacial score (nSPS) is 14.4. The monoisotopic (exact) mass is 260 g/mol. The molecule has 0 spiro atoms. The second kappa shape index (κ2) is 5.63. The topological polar surface area (TPSA) is 24.9 Å². The molecule has 1 atom stereocenters. The lowest BCUT2D eigenvalue weighted by Crippen LogP contribution is -2.41. The molecule has 2 aromatic rings. The van der Waals surface area contributed by atoms with Crippen molar-refractivity contribution >= 4 is 11.3 Å². The van der Waals surface area contributed by atoms with Gasteiger partial charge in [0.1, 0.15) is 5.01 Å². The second-order valence-electron chi connectivity index (χ2n) is 4.64. The Bertz CT molecular complexity index is 486. The summed E-state index contributed by atoms with van der Waals surface area (Å²) in [4.78, 5) is 4.68. The fourth-order valence-corrected chi connectivity index (χ4v) is 3.32. The smallest absolute Gasteiger partial charge is 0.113 e. The summed E-state index contributed by atoms with van der Waals surface area (Å²) in [6.45, 7) is 4.27. The zero-order chi connectivity index (χ0) is 13.0. The number of nitrogens with one attached hydrogen (secondary N) is 1. The van der Waals surface area contributed by atoms with Crippen LogP contribution >= 0.6 is 11.3 Å². The van der Waals surface area contributed by atoms with E-state index in [4.69, 9.17) is 0 Å². The Morgan fingerprint density at radius 2 is 2.00 bits per heavy atom. The SMILES string of the molecule is CCC(Cc1ccccc1)(NC)c1nc(C)cs1. The van der Waals surface area contributed by atoms with Crippen molar-refractivity contribution in [3.05, 3.63) is 52.0 Å². The van der Waals surface area contributed by atoms with Crippen LogP contribution in [-0.2, 0) is 12.0 Å². The fourth-order valence-electron chi connectivity index (χ4n) is 2.24. The molecule has 18 heavy (non-hydrogen) atoms. The molecular formula is C15H20N2S. The van der Waals surface area contributed by atoms with Gasteiger partial charge in [-0.1, -0.05) is 37.3 Å². The first-order valence-electron chi connectivity index (χ1n) is 6.35. The van der Waals surface area contributed by atoms with Crippen molar-refractivity contribution in [1.29, 1.82) is 0 Å². The lowest BCUT2D eigenvalue weighted by Gasteiger charge is -2.30. The standard InChI is InChI=1S/C15H20N2S/c1-4-15(16-3,14-17-12(2)11-18-14)10-13-8-6-5-7-9-13/h5-9,11,16H,4,10H2,1-3H3. The van der Waals surface area contributed by atoms with E-state index in [0.717, 1.165) is 18.5 Å². The molecular weight excluding hydrogens is 240 g/mol. The largest absolute Gasteiger partial charge is 0.308 e. The first-order valence-corrected chi connectivity index (χ1v) is 7.23. The molecule has 2 rings (SSSR count). The highest BCUT2D eigenvalue weighted by molar-refractivity contribution is 7.09. The Labute approximate surface area is 113 Å². The fraction of sp³-hybridized carbons (Fsp3) is 0.400. The van der Waals surface area contributed by atoms with E-state index in [9.17, 15) is 0 Å². The molecule has 1 aromatic carbocycles. The highest BCUT2D eigenvalue weighted by Crippen LogP contribution is 2.31. The molecule has 96 valence electrons. The Kier molecular flexibility index (Phi) is 4.15. The molecule has 1 aromatic heterocycles. The van der Waals surface area contributed by atoms with Crippen molar-refractivity contribution in [3.8, 4) is 0 Å². The lowest BCUT2D eigenvalue weighted by molar-refractivity contribution is 0.342. The highest BCUT2D eigenvalue weighted by Gasteiger charge is 2.31. The predicted octanol–water partition coefficient (Wildman–Crippen LogP) is 3.52. The third-order valence-corrected chi connectivity index (χ3v) is 4.62. The minimum absolute atomic E-state index is 0.0414. The molecule has 3 heteroatoms. The van der Waals surface area contributed by atoms with Crippen LogP contribution in [0.4, 0.5) is 0 Å². The van der Waals surface area contributed by atoms with Crippen molar-refractivity contribution in [2.45, 2.75) is 32.2 Å². The van der Waals surface area contributed by atoms with E-state index < -0.39 is 0 Å². The van der Waals surface area contributed by atoms with E-state index in [-0.39, 0.29) is 5.54 Å². The summed E-state index contributed by atoms with van der Waals surface area (Å²) in [5, 5.41) is 6.81. The maximum Gasteiger partial charge on any atom is 0.113 e. The molecule has 0 saturated heterocycles. The van der Waals surface area contributed by atoms with Crippen molar-refractivity contribution in [2.24, 2.45) is 0 Å². The molecule has 0 fully saturated rings. The maximum atomic E-state index is 4.68. The van der Waals surface area contributed by atoms with Gasteiger partial charge in [-0.2, -0.15) is 0 Å². The molecule has 0 amide bonds. The van der Waals surface area contributed by atoms with Crippen molar-refractivity contribution in [1.82, 2.24) is 10.3 Å². The minimum Gasteiger partial charge on any atom is -0.308 e. The molecule has 0 aliphatic heterocycles. The Hall–Kier alpha value is -1.19. The molecule has 0 saturated carbocycles. The van der Waals surface area contributed by atoms with Gasteiger partial charge in [-0.15, -0.1) is 11.3 Å². The summed E-state index contributed by atoms with van der Waals surface area (Å²) in [6.07, 6.45) is 2.01. The van der Waals surface area contributed by atoms with Crippen molar-refractivity contribution < 1.29 is 0 Å². The average molecular weight is 260 g/mol. The zero-order valence-electron chi connectivity index (χ0n) is 11.2. The van der Waals surface area contributed by atoms with Crippen LogP contribution in [0.3, 0.4) is 0 Å². The van der Waals surface area contributed by atoms with Gasteiger partial charge in [0.05, 0.1) is 5.54 Å². The van der Waals surface area contributed by atoms with Crippen LogP contribution in [0.5, 0.6) is 0 Å². The number of benzene rings is 1. The van der Waals surface area contributed by atoms with E-state index in [1.54, 1.807) is 11.3 Å². The minimum atomic E-state index is -0.0414. The Balaban J connectivity index is 2.32. The summed E-state index contributed by atoms with van der Waals surface area (Å²) in [7, 11) is 2.03. The summed E-state index contributed by atoms with van der Waals surface area (Å²) in [6, 6.07) is 10.6. The third-order valence-electron chi connectivity index (χ3n) is 3.46. The van der Waals surface area contributed by atoms with Gasteiger partial charge in [-0.25, -0.2) is 4.98 Å². The van der Waals surface area contributed by atoms with Crippen LogP contribution < -0.4 is 5.32 Å². The molecule has 1 unspecified atom stereocenters. The number of nitrogens with zero attached hydrogens (tertiary/aromatic N) is 1. The summed E-state index contributed by atoms with van der Waals surface area (Å²) >= 11 is 1.75. The van der Waals surface area contributed by atoms with Gasteiger partial charge < -0.3 is 5.32 Å². The third kappa shape index (κ3) is 2.62. The molecule has 0 aliphatic rings. The molecule has 1 heterocycles. The molecule has 0 aliphatic carbocycles. The number of aromatic nitrogens is 1. The number of hydrogen-bond donors (Lipinski definition) is 1. The summed E-state index contributed by atoms with van der Waals surface area (Å²) in [5.74, 6) is 0. The van der Waals surface area contributed by atoms with Gasteiger partial charge in [-0.05, 0) is 32.4 Å². The van der Waals surface area contributed by atoms with Gasteiger partial charge in [0.25, 0.3) is 0 Å². The van der Waals surface area contributed by atoms with E-state index >= 15 is 0 Å². The van der Waals surface area contributed by atoms with Gasteiger partial charge in [0.15, 0.2) is 0 Å². The number of hydrogen-bond acceptors (Lipinski definition) is 3. The first-order chi connectivity index (χ1) is 8.70. The number of aryl methyl sites for hydroxylation is 1. The zero-order valence-corrected chi connectivity index (χ0v) is 12.1. The van der Waals surface area contributed by atoms with Gasteiger partial charge >= 0.3 is 0 Å². The molecule has 0 bridgehead atoms. The lowest BCUT2D eigenvalue weighted by atomic mass is 9.89. The van der Waals surface area contributed by atoms with E-state index in [1.807, 2.05) is 7.05 Å². The first kappa shape index (κ1) is 13.2. The van der Waals surface area contributed by atoms with Gasteiger partial charge in [0, 0.05) is 11.1 Å². The van der Waals surface area contributed by atoms with Crippen molar-refractivity contribution in [3.63, 3.8) is 0 Å². The Morgan fingerprint density at radius 1 is 1.28 bits per heavy atom. The quantitative estimate of drug-likeness (QED) is 0.889. The second-order valence-corrected chi connectivity index (χ2v) is 5.50. The van der Waals surface area contributed by atoms with E-state index in [0.29, 0.717) is 0 Å². The van der Waals surface area contributed by atoms with Crippen LogP contribution in [0.1, 0.15) is 29.6 Å².